The highest BCUT2D eigenvalue weighted by molar-refractivity contribution is 5.97. The average Bonchev–Trinajstić information content (AvgIpc) is 2.90. The molecule has 1 amide bonds. The summed E-state index contributed by atoms with van der Waals surface area (Å²) in [4.78, 5) is 26.9. The predicted octanol–water partition coefficient (Wildman–Crippen LogP) is 4.11. The molecule has 1 N–H and O–H groups in total. The summed E-state index contributed by atoms with van der Waals surface area (Å²) >= 11 is 0. The van der Waals surface area contributed by atoms with Crippen LogP contribution in [-0.2, 0) is 20.9 Å². The molecule has 0 saturated heterocycles. The van der Waals surface area contributed by atoms with Crippen molar-refractivity contribution in [2.45, 2.75) is 19.1 Å². The minimum absolute atomic E-state index is 0.107. The van der Waals surface area contributed by atoms with Crippen LogP contribution in [0.2, 0.25) is 0 Å². The third-order valence-electron chi connectivity index (χ3n) is 5.53. The maximum atomic E-state index is 13.1. The first-order valence-electron chi connectivity index (χ1n) is 9.88. The van der Waals surface area contributed by atoms with Crippen molar-refractivity contribution in [1.29, 1.82) is 0 Å². The molecular formula is C25H23NO4. The molecule has 2 unspecified atom stereocenters. The Morgan fingerprint density at radius 2 is 1.60 bits per heavy atom. The van der Waals surface area contributed by atoms with Crippen molar-refractivity contribution in [1.82, 2.24) is 0 Å². The fraction of sp³-hybridized carbons (Fsp3) is 0.200. The van der Waals surface area contributed by atoms with Gasteiger partial charge in [-0.3, -0.25) is 9.59 Å². The number of ether oxygens (including phenoxy) is 1. The van der Waals surface area contributed by atoms with Crippen LogP contribution in [0.5, 0.6) is 0 Å². The third kappa shape index (κ3) is 3.84. The number of carbonyl (C=O) groups excluding carboxylic acids is 2. The van der Waals surface area contributed by atoms with E-state index in [4.69, 9.17) is 4.74 Å². The molecule has 1 aliphatic heterocycles. The molecule has 0 aliphatic carbocycles. The van der Waals surface area contributed by atoms with Gasteiger partial charge in [0.15, 0.2) is 0 Å². The number of aliphatic hydroxyl groups excluding tert-OH is 1. The number of anilines is 1. The molecule has 0 radical (unpaired) electrons. The zero-order valence-corrected chi connectivity index (χ0v) is 16.7. The Morgan fingerprint density at radius 3 is 2.30 bits per heavy atom. The predicted molar refractivity (Wildman–Crippen MR) is 115 cm³/mol. The maximum Gasteiger partial charge on any atom is 0.312 e. The summed E-state index contributed by atoms with van der Waals surface area (Å²) in [6.07, 6.45) is -1.20. The number of hydrogen-bond acceptors (Lipinski definition) is 4. The fourth-order valence-corrected chi connectivity index (χ4v) is 3.90. The molecule has 1 heterocycles. The Balaban J connectivity index is 1.64. The number of aliphatic hydroxyl groups is 1. The van der Waals surface area contributed by atoms with Crippen LogP contribution >= 0.6 is 0 Å². The number of esters is 1. The molecule has 1 aliphatic rings. The van der Waals surface area contributed by atoms with Gasteiger partial charge < -0.3 is 14.7 Å². The van der Waals surface area contributed by atoms with Crippen LogP contribution in [0.4, 0.5) is 5.69 Å². The first-order chi connectivity index (χ1) is 14.6. The number of fused-ring (bicyclic) bond motifs is 1. The molecule has 152 valence electrons. The average molecular weight is 401 g/mol. The molecule has 3 aromatic carbocycles. The van der Waals surface area contributed by atoms with Gasteiger partial charge in [0.1, 0.15) is 0 Å². The van der Waals surface area contributed by atoms with Crippen LogP contribution in [0.1, 0.15) is 23.7 Å². The lowest BCUT2D eigenvalue weighted by molar-refractivity contribution is -0.151. The smallest absolute Gasteiger partial charge is 0.312 e. The summed E-state index contributed by atoms with van der Waals surface area (Å²) in [5.41, 5.74) is 4.37. The standard InChI is InChI=1S/C25H23NO4/c1-30-25(29)21-15-23(27)26(22-10-6-5-9-20(22)24(21)28)16-17-11-13-19(14-12-17)18-7-3-2-4-8-18/h2-14,21,24,28H,15-16H2,1H3. The van der Waals surface area contributed by atoms with E-state index in [2.05, 4.69) is 12.1 Å². The van der Waals surface area contributed by atoms with E-state index in [0.717, 1.165) is 16.7 Å². The van der Waals surface area contributed by atoms with Crippen molar-refractivity contribution < 1.29 is 19.4 Å². The van der Waals surface area contributed by atoms with Crippen LogP contribution in [0.25, 0.3) is 11.1 Å². The molecule has 4 rings (SSSR count). The van der Waals surface area contributed by atoms with E-state index in [9.17, 15) is 14.7 Å². The molecule has 0 bridgehead atoms. The third-order valence-corrected chi connectivity index (χ3v) is 5.53. The second-order valence-electron chi connectivity index (χ2n) is 7.38. The normalized spacial score (nSPS) is 18.5. The van der Waals surface area contributed by atoms with Gasteiger partial charge >= 0.3 is 5.97 Å². The molecule has 0 aromatic heterocycles. The lowest BCUT2D eigenvalue weighted by Crippen LogP contribution is -2.32. The Bertz CT molecular complexity index is 1050. The van der Waals surface area contributed by atoms with Gasteiger partial charge in [-0.25, -0.2) is 0 Å². The fourth-order valence-electron chi connectivity index (χ4n) is 3.90. The highest BCUT2D eigenvalue weighted by Gasteiger charge is 2.38. The summed E-state index contributed by atoms with van der Waals surface area (Å²) in [7, 11) is 1.27. The molecule has 5 nitrogen and oxygen atoms in total. The molecule has 3 aromatic rings. The van der Waals surface area contributed by atoms with E-state index in [-0.39, 0.29) is 12.3 Å². The molecule has 0 fully saturated rings. The molecule has 0 spiro atoms. The van der Waals surface area contributed by atoms with Crippen molar-refractivity contribution >= 4 is 17.6 Å². The quantitative estimate of drug-likeness (QED) is 0.668. The van der Waals surface area contributed by atoms with E-state index in [1.165, 1.54) is 7.11 Å². The summed E-state index contributed by atoms with van der Waals surface area (Å²) in [6, 6.07) is 25.3. The van der Waals surface area contributed by atoms with Gasteiger partial charge in [0.05, 0.1) is 25.7 Å². The van der Waals surface area contributed by atoms with Gasteiger partial charge in [0.2, 0.25) is 5.91 Å². The van der Waals surface area contributed by atoms with Crippen LogP contribution in [-0.4, -0.2) is 24.1 Å². The Kier molecular flexibility index (Phi) is 5.63. The monoisotopic (exact) mass is 401 g/mol. The van der Waals surface area contributed by atoms with Crippen molar-refractivity contribution in [2.75, 3.05) is 12.0 Å². The Hall–Kier alpha value is -3.44. The topological polar surface area (TPSA) is 66.8 Å². The summed E-state index contributed by atoms with van der Waals surface area (Å²) in [6.45, 7) is 0.353. The highest BCUT2D eigenvalue weighted by Crippen LogP contribution is 2.38. The van der Waals surface area contributed by atoms with Crippen molar-refractivity contribution in [2.24, 2.45) is 5.92 Å². The number of amides is 1. The van der Waals surface area contributed by atoms with E-state index in [1.54, 1.807) is 23.1 Å². The first-order valence-corrected chi connectivity index (χ1v) is 9.88. The van der Waals surface area contributed by atoms with Gasteiger partial charge in [-0.1, -0.05) is 72.8 Å². The SMILES string of the molecule is COC(=O)C1CC(=O)N(Cc2ccc(-c3ccccc3)cc2)c2ccccc2C1O. The van der Waals surface area contributed by atoms with E-state index in [1.807, 2.05) is 48.5 Å². The zero-order chi connectivity index (χ0) is 21.1. The van der Waals surface area contributed by atoms with Crippen LogP contribution < -0.4 is 4.90 Å². The second kappa shape index (κ2) is 8.51. The highest BCUT2D eigenvalue weighted by atomic mass is 16.5. The number of rotatable bonds is 4. The van der Waals surface area contributed by atoms with E-state index in [0.29, 0.717) is 17.8 Å². The number of carbonyl (C=O) groups is 2. The lowest BCUT2D eigenvalue weighted by atomic mass is 9.93. The number of hydrogen-bond donors (Lipinski definition) is 1. The zero-order valence-electron chi connectivity index (χ0n) is 16.7. The molecule has 5 heteroatoms. The van der Waals surface area contributed by atoms with Crippen LogP contribution in [0.15, 0.2) is 78.9 Å². The maximum absolute atomic E-state index is 13.1. The first kappa shape index (κ1) is 19.9. The molecule has 0 saturated carbocycles. The largest absolute Gasteiger partial charge is 0.469 e. The molecule has 30 heavy (non-hydrogen) atoms. The number of para-hydroxylation sites is 1. The minimum atomic E-state index is -1.09. The van der Waals surface area contributed by atoms with Gasteiger partial charge in [0, 0.05) is 17.7 Å². The molecule has 2 atom stereocenters. The van der Waals surface area contributed by atoms with E-state index < -0.39 is 18.0 Å². The minimum Gasteiger partial charge on any atom is -0.469 e. The summed E-state index contributed by atoms with van der Waals surface area (Å²) in [5.74, 6) is -1.73. The molecular weight excluding hydrogens is 378 g/mol. The van der Waals surface area contributed by atoms with Crippen LogP contribution in [0, 0.1) is 5.92 Å². The summed E-state index contributed by atoms with van der Waals surface area (Å²) in [5, 5.41) is 10.8. The van der Waals surface area contributed by atoms with Gasteiger partial charge in [0.25, 0.3) is 0 Å². The Morgan fingerprint density at radius 1 is 0.967 bits per heavy atom. The number of nitrogens with zero attached hydrogens (tertiary/aromatic N) is 1. The van der Waals surface area contributed by atoms with Gasteiger partial charge in [-0.2, -0.15) is 0 Å². The van der Waals surface area contributed by atoms with Crippen LogP contribution in [0.3, 0.4) is 0 Å². The number of benzene rings is 3. The second-order valence-corrected chi connectivity index (χ2v) is 7.38. The van der Waals surface area contributed by atoms with Crippen molar-refractivity contribution in [3.63, 3.8) is 0 Å². The Labute approximate surface area is 175 Å². The van der Waals surface area contributed by atoms with Crippen molar-refractivity contribution in [3.8, 4) is 11.1 Å². The number of methoxy groups -OCH3 is 1. The van der Waals surface area contributed by atoms with Gasteiger partial charge in [-0.15, -0.1) is 0 Å². The summed E-state index contributed by atoms with van der Waals surface area (Å²) < 4.78 is 4.82. The van der Waals surface area contributed by atoms with E-state index >= 15 is 0 Å². The lowest BCUT2D eigenvalue weighted by Gasteiger charge is -2.23. The van der Waals surface area contributed by atoms with Crippen molar-refractivity contribution in [3.05, 3.63) is 90.0 Å². The van der Waals surface area contributed by atoms with Gasteiger partial charge in [-0.05, 0) is 22.8 Å².